The van der Waals surface area contributed by atoms with E-state index in [0.29, 0.717) is 0 Å². The maximum absolute atomic E-state index is 0. The molecular formula is H6AlBeFO5. The Morgan fingerprint density at radius 3 is 0.625 bits per heavy atom. The van der Waals surface area contributed by atoms with Crippen molar-refractivity contribution < 1.29 is 32.1 Å². The molecule has 0 amide bonds. The summed E-state index contributed by atoms with van der Waals surface area (Å²) in [6.07, 6.45) is 0. The van der Waals surface area contributed by atoms with E-state index < -0.39 is 0 Å². The smallest absolute Gasteiger partial charge is 1.00 e. The second kappa shape index (κ2) is 1650. The molecule has 0 spiro atoms. The van der Waals surface area contributed by atoms with Gasteiger partial charge in [0.15, 0.2) is 0 Å². The average Bonchev–Trinajstić information content (AvgIpc) is 0. The molecule has 0 aliphatic carbocycles. The van der Waals surface area contributed by atoms with Crippen LogP contribution in [0.5, 0.6) is 0 Å². The third-order valence-corrected chi connectivity index (χ3v) is 0. The zero-order chi connectivity index (χ0) is 0. The van der Waals surface area contributed by atoms with Crippen molar-refractivity contribution in [3.63, 3.8) is 0 Å². The molecule has 8 heteroatoms. The Kier molecular flexibility index (Phi) is 517000. The van der Waals surface area contributed by atoms with Crippen LogP contribution >= 0.6 is 0 Å². The Balaban J connectivity index is 0. The zero-order valence-electron chi connectivity index (χ0n) is 3.95. The van der Waals surface area contributed by atoms with Gasteiger partial charge in [0.25, 0.3) is 0 Å². The first-order chi connectivity index (χ1) is 0. The van der Waals surface area contributed by atoms with Gasteiger partial charge in [-0.15, -0.1) is 0 Å². The van der Waals surface area contributed by atoms with E-state index in [1.54, 1.807) is 0 Å². The fourth-order valence-corrected chi connectivity index (χ4v) is 0. The summed E-state index contributed by atoms with van der Waals surface area (Å²) < 4.78 is 0. The average molecular weight is 141 g/mol. The van der Waals surface area contributed by atoms with Crippen molar-refractivity contribution in [3.05, 3.63) is 0 Å². The van der Waals surface area contributed by atoms with Crippen LogP contribution in [-0.2, 0) is 0 Å². The normalized spacial score (nSPS) is 0. The molecule has 0 aliphatic heterocycles. The number of hydrogen-bond acceptors (Lipinski definition) is 4. The van der Waals surface area contributed by atoms with E-state index >= 15 is 0 Å². The fourth-order valence-electron chi connectivity index (χ4n) is 0. The second-order valence-corrected chi connectivity index (χ2v) is 0. The molecule has 0 radical (unpaired) electrons. The minimum absolute atomic E-state index is 0. The van der Waals surface area contributed by atoms with Crippen molar-refractivity contribution in [3.8, 4) is 0 Å². The van der Waals surface area contributed by atoms with E-state index in [2.05, 4.69) is 0 Å². The summed E-state index contributed by atoms with van der Waals surface area (Å²) in [6.45, 7) is 0. The monoisotopic (exact) mass is 141 g/mol. The van der Waals surface area contributed by atoms with Crippen LogP contribution in [0, 0.1) is 0 Å². The molecule has 0 saturated heterocycles. The minimum atomic E-state index is 0. The van der Waals surface area contributed by atoms with Crippen LogP contribution in [0.1, 0.15) is 0 Å². The van der Waals surface area contributed by atoms with Gasteiger partial charge < -0.3 is 32.1 Å². The first kappa shape index (κ1) is 2500. The summed E-state index contributed by atoms with van der Waals surface area (Å²) in [5, 5.41) is 0. The standard InChI is InChI=1S/Al.Be.FH.5H2O/h;;1H;5*1H2/q+3;+2;;;;;;/p-5. The molecule has 0 fully saturated rings. The molecule has 0 heterocycles. The van der Waals surface area contributed by atoms with Crippen molar-refractivity contribution in [1.82, 2.24) is 0 Å². The second-order valence-electron chi connectivity index (χ2n) is 0. The number of rotatable bonds is 0. The first-order valence-corrected chi connectivity index (χ1v) is 0. The summed E-state index contributed by atoms with van der Waals surface area (Å²) in [5.41, 5.74) is 0. The fraction of sp³-hybridized carbons (Fsp3) is 0. The van der Waals surface area contributed by atoms with E-state index in [0.717, 1.165) is 0 Å². The Hall–Kier alpha value is 0.431. The van der Waals surface area contributed by atoms with Crippen LogP contribution in [0.2, 0.25) is 0 Å². The summed E-state index contributed by atoms with van der Waals surface area (Å²) in [5.74, 6) is 0. The molecule has 0 rings (SSSR count). The van der Waals surface area contributed by atoms with Crippen molar-refractivity contribution in [2.24, 2.45) is 0 Å². The van der Waals surface area contributed by atoms with Gasteiger partial charge in [0.05, 0.1) is 0 Å². The molecule has 5 nitrogen and oxygen atoms in total. The predicted molar refractivity (Wildman–Crippen MR) is 22.9 cm³/mol. The molecule has 6 N–H and O–H groups in total. The first-order valence-electron chi connectivity index (χ1n) is 0. The van der Waals surface area contributed by atoms with Gasteiger partial charge in [-0.1, -0.05) is 0 Å². The van der Waals surface area contributed by atoms with Gasteiger partial charge in [0.2, 0.25) is 0 Å². The summed E-state index contributed by atoms with van der Waals surface area (Å²) >= 11 is 0. The largest absolute Gasteiger partial charge is 3.00 e. The van der Waals surface area contributed by atoms with Gasteiger partial charge in [0, 0.05) is 0 Å². The van der Waals surface area contributed by atoms with Gasteiger partial charge in [-0.2, -0.15) is 0 Å². The van der Waals surface area contributed by atoms with Crippen molar-refractivity contribution in [1.29, 1.82) is 0 Å². The Bertz CT molecular complexity index is 12.4. The summed E-state index contributed by atoms with van der Waals surface area (Å²) in [4.78, 5) is 0. The molecule has 0 aromatic rings. The van der Waals surface area contributed by atoms with Crippen LogP contribution in [-0.4, -0.2) is 54.9 Å². The molecule has 0 aromatic heterocycles. The Morgan fingerprint density at radius 1 is 0.625 bits per heavy atom. The third-order valence-electron chi connectivity index (χ3n) is 0. The van der Waals surface area contributed by atoms with Gasteiger partial charge in [-0.05, 0) is 0 Å². The quantitative estimate of drug-likeness (QED) is 0.309. The molecule has 0 aromatic carbocycles. The maximum Gasteiger partial charge on any atom is 3.00 e. The van der Waals surface area contributed by atoms with E-state index in [1.165, 1.54) is 0 Å². The predicted octanol–water partition coefficient (Wildman–Crippen LogP) is -5.29. The molecule has 0 aliphatic rings. The van der Waals surface area contributed by atoms with Gasteiger partial charge in [-0.25, -0.2) is 0 Å². The van der Waals surface area contributed by atoms with E-state index in [-0.39, 0.29) is 59.6 Å². The van der Waals surface area contributed by atoms with Crippen LogP contribution in [0.25, 0.3) is 0 Å². The van der Waals surface area contributed by atoms with E-state index in [1.807, 2.05) is 0 Å². The van der Waals surface area contributed by atoms with Crippen LogP contribution < -0.4 is 4.70 Å². The molecule has 0 saturated carbocycles. The van der Waals surface area contributed by atoms with Crippen molar-refractivity contribution in [2.45, 2.75) is 0 Å². The molecule has 0 unspecified atom stereocenters. The summed E-state index contributed by atoms with van der Waals surface area (Å²) in [6, 6.07) is 0. The molecule has 0 atom stereocenters. The number of halogens is 1. The molecular weight excluding hydrogens is 135 g/mol. The zero-order valence-corrected chi connectivity index (χ0v) is 5.11. The molecule has 0 bridgehead atoms. The third kappa shape index (κ3) is 1020. The topological polar surface area (TPSA) is 152 Å². The van der Waals surface area contributed by atoms with E-state index in [9.17, 15) is 0 Å². The minimum Gasteiger partial charge on any atom is -1.00 e. The van der Waals surface area contributed by atoms with Gasteiger partial charge in [0.1, 0.15) is 0 Å². The van der Waals surface area contributed by atoms with Gasteiger partial charge >= 0.3 is 27.5 Å². The summed E-state index contributed by atoms with van der Waals surface area (Å²) in [7, 11) is 0. The van der Waals surface area contributed by atoms with Gasteiger partial charge in [-0.3, -0.25) is 0 Å². The van der Waals surface area contributed by atoms with Crippen molar-refractivity contribution >= 4 is 27.5 Å². The van der Waals surface area contributed by atoms with E-state index in [4.69, 9.17) is 0 Å². The molecule has 8 heavy (non-hydrogen) atoms. The molecule has 48 valence electrons. The van der Waals surface area contributed by atoms with Crippen LogP contribution in [0.15, 0.2) is 0 Å². The van der Waals surface area contributed by atoms with Crippen molar-refractivity contribution in [2.75, 3.05) is 0 Å². The Morgan fingerprint density at radius 2 is 0.625 bits per heavy atom. The maximum atomic E-state index is 0. The van der Waals surface area contributed by atoms with Crippen LogP contribution in [0.3, 0.4) is 0 Å². The SMILES string of the molecule is O.[Al+3].[Be+2].[F-].[OH-].[OH-].[OH-].[OH-]. The van der Waals surface area contributed by atoms with Crippen LogP contribution in [0.4, 0.5) is 0 Å². The number of hydrogen-bond donors (Lipinski definition) is 0. The Labute approximate surface area is 60.3 Å².